The van der Waals surface area contributed by atoms with E-state index in [2.05, 4.69) is 6.92 Å². The summed E-state index contributed by atoms with van der Waals surface area (Å²) >= 11 is 0. The molecule has 2 saturated carbocycles. The topological polar surface area (TPSA) is 20.2 Å². The molecule has 2 unspecified atom stereocenters. The molecule has 2 rings (SSSR count). The van der Waals surface area contributed by atoms with Gasteiger partial charge >= 0.3 is 0 Å². The minimum atomic E-state index is -0.254. The van der Waals surface area contributed by atoms with E-state index in [0.29, 0.717) is 5.92 Å². The Morgan fingerprint density at radius 1 is 1.17 bits per heavy atom. The fourth-order valence-electron chi connectivity index (χ4n) is 2.88. The van der Waals surface area contributed by atoms with Gasteiger partial charge in [-0.15, -0.1) is 0 Å². The van der Waals surface area contributed by atoms with Crippen LogP contribution in [0.3, 0.4) is 0 Å². The second-order valence-electron chi connectivity index (χ2n) is 4.93. The van der Waals surface area contributed by atoms with Gasteiger partial charge in [0.15, 0.2) is 0 Å². The Morgan fingerprint density at radius 2 is 1.92 bits per heavy atom. The van der Waals surface area contributed by atoms with Gasteiger partial charge in [-0.3, -0.25) is 0 Å². The summed E-state index contributed by atoms with van der Waals surface area (Å²) in [5.74, 6) is 1.41. The van der Waals surface area contributed by atoms with E-state index in [4.69, 9.17) is 0 Å². The SMILES string of the molecule is CC1CCCC(O)(C2CCC2)C1. The molecule has 1 nitrogen and oxygen atoms in total. The molecule has 2 aliphatic rings. The Hall–Kier alpha value is -0.0400. The molecule has 0 aromatic rings. The molecule has 0 radical (unpaired) electrons. The molecule has 12 heavy (non-hydrogen) atoms. The first-order valence-electron chi connectivity index (χ1n) is 5.43. The quantitative estimate of drug-likeness (QED) is 0.638. The molecule has 0 aromatic heterocycles. The highest BCUT2D eigenvalue weighted by atomic mass is 16.3. The standard InChI is InChI=1S/C11H20O/c1-9-4-3-7-11(12,8-9)10-5-2-6-10/h9-10,12H,2-8H2,1H3. The molecule has 1 N–H and O–H groups in total. The first-order chi connectivity index (χ1) is 5.71. The largest absolute Gasteiger partial charge is 0.390 e. The van der Waals surface area contributed by atoms with Crippen molar-refractivity contribution in [3.05, 3.63) is 0 Å². The van der Waals surface area contributed by atoms with E-state index in [1.54, 1.807) is 0 Å². The van der Waals surface area contributed by atoms with Gasteiger partial charge in [0.05, 0.1) is 5.60 Å². The maximum Gasteiger partial charge on any atom is 0.0678 e. The lowest BCUT2D eigenvalue weighted by molar-refractivity contribution is -0.0881. The lowest BCUT2D eigenvalue weighted by Crippen LogP contribution is -2.45. The van der Waals surface area contributed by atoms with E-state index < -0.39 is 0 Å². The molecular weight excluding hydrogens is 148 g/mol. The van der Waals surface area contributed by atoms with Crippen LogP contribution < -0.4 is 0 Å². The zero-order valence-corrected chi connectivity index (χ0v) is 8.05. The first-order valence-corrected chi connectivity index (χ1v) is 5.43. The van der Waals surface area contributed by atoms with E-state index in [0.717, 1.165) is 18.8 Å². The van der Waals surface area contributed by atoms with Crippen LogP contribution in [-0.4, -0.2) is 10.7 Å². The lowest BCUT2D eigenvalue weighted by Gasteiger charge is -2.45. The molecule has 0 bridgehead atoms. The second kappa shape index (κ2) is 3.02. The third kappa shape index (κ3) is 1.39. The van der Waals surface area contributed by atoms with E-state index in [-0.39, 0.29) is 5.60 Å². The average Bonchev–Trinajstić information content (AvgIpc) is 1.79. The normalized spacial score (nSPS) is 44.0. The molecule has 2 fully saturated rings. The Balaban J connectivity index is 1.97. The summed E-state index contributed by atoms with van der Waals surface area (Å²) in [6.07, 6.45) is 8.62. The lowest BCUT2D eigenvalue weighted by atomic mass is 9.65. The van der Waals surface area contributed by atoms with Crippen molar-refractivity contribution >= 4 is 0 Å². The summed E-state index contributed by atoms with van der Waals surface area (Å²) in [6, 6.07) is 0. The van der Waals surface area contributed by atoms with Crippen molar-refractivity contribution < 1.29 is 5.11 Å². The molecule has 70 valence electrons. The Kier molecular flexibility index (Phi) is 2.16. The Labute approximate surface area is 75.2 Å². The van der Waals surface area contributed by atoms with Gasteiger partial charge < -0.3 is 5.11 Å². The molecule has 0 aromatic carbocycles. The van der Waals surface area contributed by atoms with E-state index in [1.165, 1.54) is 32.1 Å². The van der Waals surface area contributed by atoms with Gasteiger partial charge in [-0.1, -0.05) is 26.2 Å². The summed E-state index contributed by atoms with van der Waals surface area (Å²) in [7, 11) is 0. The van der Waals surface area contributed by atoms with Crippen LogP contribution in [0, 0.1) is 11.8 Å². The van der Waals surface area contributed by atoms with Gasteiger partial charge in [-0.05, 0) is 37.5 Å². The maximum atomic E-state index is 10.4. The van der Waals surface area contributed by atoms with Gasteiger partial charge in [0.2, 0.25) is 0 Å². The van der Waals surface area contributed by atoms with E-state index in [1.807, 2.05) is 0 Å². The van der Waals surface area contributed by atoms with Crippen LogP contribution in [0.2, 0.25) is 0 Å². The van der Waals surface area contributed by atoms with Crippen LogP contribution in [-0.2, 0) is 0 Å². The zero-order chi connectivity index (χ0) is 8.60. The van der Waals surface area contributed by atoms with E-state index >= 15 is 0 Å². The van der Waals surface area contributed by atoms with E-state index in [9.17, 15) is 5.11 Å². The van der Waals surface area contributed by atoms with Gasteiger partial charge in [0, 0.05) is 0 Å². The molecule has 0 spiro atoms. The minimum Gasteiger partial charge on any atom is -0.390 e. The Bertz CT molecular complexity index is 162. The van der Waals surface area contributed by atoms with Crippen molar-refractivity contribution in [3.63, 3.8) is 0 Å². The summed E-state index contributed by atoms with van der Waals surface area (Å²) in [6.45, 7) is 2.28. The van der Waals surface area contributed by atoms with Gasteiger partial charge in [-0.2, -0.15) is 0 Å². The van der Waals surface area contributed by atoms with Gasteiger partial charge in [-0.25, -0.2) is 0 Å². The van der Waals surface area contributed by atoms with Gasteiger partial charge in [0.25, 0.3) is 0 Å². The smallest absolute Gasteiger partial charge is 0.0678 e. The zero-order valence-electron chi connectivity index (χ0n) is 8.05. The van der Waals surface area contributed by atoms with Crippen LogP contribution in [0.15, 0.2) is 0 Å². The predicted octanol–water partition coefficient (Wildman–Crippen LogP) is 2.73. The molecule has 1 heteroatoms. The number of aliphatic hydroxyl groups is 1. The number of hydrogen-bond donors (Lipinski definition) is 1. The molecule has 0 aliphatic heterocycles. The summed E-state index contributed by atoms with van der Waals surface area (Å²) in [5.41, 5.74) is -0.254. The third-order valence-corrected chi connectivity index (χ3v) is 3.87. The fraction of sp³-hybridized carbons (Fsp3) is 1.00. The summed E-state index contributed by atoms with van der Waals surface area (Å²) in [4.78, 5) is 0. The monoisotopic (exact) mass is 168 g/mol. The molecule has 0 saturated heterocycles. The number of rotatable bonds is 1. The fourth-order valence-corrected chi connectivity index (χ4v) is 2.88. The van der Waals surface area contributed by atoms with Crippen molar-refractivity contribution in [2.24, 2.45) is 11.8 Å². The van der Waals surface area contributed by atoms with Crippen molar-refractivity contribution in [2.75, 3.05) is 0 Å². The van der Waals surface area contributed by atoms with Crippen molar-refractivity contribution in [2.45, 2.75) is 57.5 Å². The number of hydrogen-bond acceptors (Lipinski definition) is 1. The Morgan fingerprint density at radius 3 is 2.42 bits per heavy atom. The first kappa shape index (κ1) is 8.55. The summed E-state index contributed by atoms with van der Waals surface area (Å²) < 4.78 is 0. The molecular formula is C11H20O. The van der Waals surface area contributed by atoms with Crippen molar-refractivity contribution in [3.8, 4) is 0 Å². The molecule has 2 atom stereocenters. The molecule has 0 heterocycles. The summed E-state index contributed by atoms with van der Waals surface area (Å²) in [5, 5.41) is 10.4. The van der Waals surface area contributed by atoms with Crippen LogP contribution >= 0.6 is 0 Å². The second-order valence-corrected chi connectivity index (χ2v) is 4.93. The molecule has 0 amide bonds. The molecule has 2 aliphatic carbocycles. The van der Waals surface area contributed by atoms with Crippen molar-refractivity contribution in [1.82, 2.24) is 0 Å². The van der Waals surface area contributed by atoms with Crippen LogP contribution in [0.5, 0.6) is 0 Å². The van der Waals surface area contributed by atoms with Crippen molar-refractivity contribution in [1.29, 1.82) is 0 Å². The highest BCUT2D eigenvalue weighted by Gasteiger charge is 2.42. The van der Waals surface area contributed by atoms with Crippen LogP contribution in [0.4, 0.5) is 0 Å². The third-order valence-electron chi connectivity index (χ3n) is 3.87. The van der Waals surface area contributed by atoms with Crippen LogP contribution in [0.1, 0.15) is 51.9 Å². The highest BCUT2D eigenvalue weighted by molar-refractivity contribution is 4.94. The highest BCUT2D eigenvalue weighted by Crippen LogP contribution is 2.45. The average molecular weight is 168 g/mol. The predicted molar refractivity (Wildman–Crippen MR) is 49.9 cm³/mol. The maximum absolute atomic E-state index is 10.4. The van der Waals surface area contributed by atoms with Gasteiger partial charge in [0.1, 0.15) is 0 Å². The minimum absolute atomic E-state index is 0.254. The van der Waals surface area contributed by atoms with Crippen LogP contribution in [0.25, 0.3) is 0 Å².